The highest BCUT2D eigenvalue weighted by Crippen LogP contribution is 2.50. The van der Waals surface area contributed by atoms with E-state index in [0.717, 1.165) is 11.4 Å². The summed E-state index contributed by atoms with van der Waals surface area (Å²) in [4.78, 5) is 2.56. The molecule has 0 N–H and O–H groups in total. The molecule has 0 spiro atoms. The fourth-order valence-electron chi connectivity index (χ4n) is 9.26. The Labute approximate surface area is 299 Å². The van der Waals surface area contributed by atoms with Gasteiger partial charge in [-0.25, -0.2) is 0 Å². The maximum Gasteiger partial charge on any atom is 0.0562 e. The number of hydrogen-bond donors (Lipinski definition) is 0. The first-order valence-corrected chi connectivity index (χ1v) is 18.0. The largest absolute Gasteiger partial charge is 0.309 e. The van der Waals surface area contributed by atoms with E-state index in [2.05, 4.69) is 191 Å². The second kappa shape index (κ2) is 10.3. The Hall–Kier alpha value is -6.90. The van der Waals surface area contributed by atoms with Gasteiger partial charge < -0.3 is 9.47 Å². The summed E-state index contributed by atoms with van der Waals surface area (Å²) >= 11 is 0. The summed E-state index contributed by atoms with van der Waals surface area (Å²) < 4.78 is 2.42. The first kappa shape index (κ1) is 27.9. The van der Waals surface area contributed by atoms with Crippen LogP contribution in [0.25, 0.3) is 92.1 Å². The lowest BCUT2D eigenvalue weighted by Crippen LogP contribution is -2.12. The number of fused-ring (bicyclic) bond motifs is 3. The standard InChI is InChI=1S/C50H30N2/c1-2-13-37(14-3-1)51-41-16-5-4-15-38(41)50-44(51)17-8-18-45(50)52(42-29-25-35-21-19-31-9-6-11-33-23-27-39(42)48(35)46(31)33)43-30-26-36-22-20-32-10-7-12-34-24-28-40(43)49(36)47(32)34/h1-30H. The lowest BCUT2D eigenvalue weighted by molar-refractivity contribution is 1.18. The summed E-state index contributed by atoms with van der Waals surface area (Å²) in [6, 6.07) is 67.5. The number of nitrogens with zero attached hydrogens (tertiary/aromatic N) is 2. The molecule has 0 aliphatic heterocycles. The van der Waals surface area contributed by atoms with Gasteiger partial charge in [0, 0.05) is 27.2 Å². The zero-order valence-corrected chi connectivity index (χ0v) is 28.2. The molecule has 0 saturated heterocycles. The van der Waals surface area contributed by atoms with E-state index in [9.17, 15) is 0 Å². The molecule has 2 heteroatoms. The van der Waals surface area contributed by atoms with Crippen LogP contribution in [0.2, 0.25) is 0 Å². The third kappa shape index (κ3) is 3.68. The molecule has 0 fully saturated rings. The van der Waals surface area contributed by atoms with Crippen LogP contribution in [-0.4, -0.2) is 4.57 Å². The zero-order chi connectivity index (χ0) is 33.9. The number of hydrogen-bond acceptors (Lipinski definition) is 1. The Morgan fingerprint density at radius 2 is 0.731 bits per heavy atom. The van der Waals surface area contributed by atoms with E-state index < -0.39 is 0 Å². The Morgan fingerprint density at radius 1 is 0.269 bits per heavy atom. The highest BCUT2D eigenvalue weighted by Gasteiger charge is 2.25. The topological polar surface area (TPSA) is 8.17 Å². The van der Waals surface area contributed by atoms with Crippen molar-refractivity contribution >= 4 is 104 Å². The maximum absolute atomic E-state index is 2.56. The van der Waals surface area contributed by atoms with Gasteiger partial charge in [-0.15, -0.1) is 0 Å². The lowest BCUT2D eigenvalue weighted by atomic mass is 9.91. The van der Waals surface area contributed by atoms with E-state index in [4.69, 9.17) is 0 Å². The van der Waals surface area contributed by atoms with Crippen molar-refractivity contribution in [1.29, 1.82) is 0 Å². The molecule has 1 aromatic heterocycles. The minimum atomic E-state index is 1.16. The van der Waals surface area contributed by atoms with Crippen LogP contribution < -0.4 is 4.90 Å². The van der Waals surface area contributed by atoms with Gasteiger partial charge in [0.15, 0.2) is 0 Å². The normalized spacial score (nSPS) is 12.2. The lowest BCUT2D eigenvalue weighted by Gasteiger charge is -2.30. The number of aromatic nitrogens is 1. The second-order valence-electron chi connectivity index (χ2n) is 14.1. The van der Waals surface area contributed by atoms with Crippen LogP contribution in [0.15, 0.2) is 182 Å². The second-order valence-corrected chi connectivity index (χ2v) is 14.1. The van der Waals surface area contributed by atoms with Crippen molar-refractivity contribution in [1.82, 2.24) is 4.57 Å². The minimum Gasteiger partial charge on any atom is -0.309 e. The molecule has 0 unspecified atom stereocenters. The van der Waals surface area contributed by atoms with Gasteiger partial charge in [0.05, 0.1) is 28.1 Å². The van der Waals surface area contributed by atoms with Crippen molar-refractivity contribution in [2.75, 3.05) is 4.90 Å². The smallest absolute Gasteiger partial charge is 0.0562 e. The predicted octanol–water partition coefficient (Wildman–Crippen LogP) is 14.0. The molecule has 1 heterocycles. The molecule has 12 rings (SSSR count). The van der Waals surface area contributed by atoms with Crippen LogP contribution in [0.3, 0.4) is 0 Å². The third-order valence-corrected chi connectivity index (χ3v) is 11.4. The van der Waals surface area contributed by atoms with E-state index in [1.807, 2.05) is 0 Å². The SMILES string of the molecule is c1ccc(-n2c3ccccc3c3c(N(c4ccc5ccc6cccc7ccc4c5c67)c4ccc5ccc6cccc7ccc4c5c67)cccc32)cc1. The summed E-state index contributed by atoms with van der Waals surface area (Å²) in [5, 5.41) is 17.9. The van der Waals surface area contributed by atoms with Crippen LogP contribution in [-0.2, 0) is 0 Å². The summed E-state index contributed by atoms with van der Waals surface area (Å²) in [5.74, 6) is 0. The molecule has 0 amide bonds. The molecule has 2 nitrogen and oxygen atoms in total. The Kier molecular flexibility index (Phi) is 5.53. The molecule has 0 aliphatic rings. The summed E-state index contributed by atoms with van der Waals surface area (Å²) in [6.45, 7) is 0. The van der Waals surface area contributed by atoms with Gasteiger partial charge in [0.1, 0.15) is 0 Å². The number of rotatable bonds is 4. The molecule has 0 radical (unpaired) electrons. The number of para-hydroxylation sites is 2. The molecule has 0 saturated carbocycles. The van der Waals surface area contributed by atoms with Gasteiger partial charge in [0.25, 0.3) is 0 Å². The molecule has 240 valence electrons. The molecule has 52 heavy (non-hydrogen) atoms. The molecule has 12 aromatic rings. The Morgan fingerprint density at radius 3 is 1.33 bits per heavy atom. The number of anilines is 3. The van der Waals surface area contributed by atoms with Crippen LogP contribution >= 0.6 is 0 Å². The van der Waals surface area contributed by atoms with Crippen LogP contribution in [0.5, 0.6) is 0 Å². The van der Waals surface area contributed by atoms with Crippen molar-refractivity contribution in [3.05, 3.63) is 182 Å². The van der Waals surface area contributed by atoms with Crippen molar-refractivity contribution in [2.24, 2.45) is 0 Å². The van der Waals surface area contributed by atoms with Gasteiger partial charge in [-0.2, -0.15) is 0 Å². The fourth-order valence-corrected chi connectivity index (χ4v) is 9.26. The summed E-state index contributed by atoms with van der Waals surface area (Å²) in [5.41, 5.74) is 7.04. The Balaban J connectivity index is 1.26. The average molecular weight is 659 g/mol. The summed E-state index contributed by atoms with van der Waals surface area (Å²) in [7, 11) is 0. The monoisotopic (exact) mass is 658 g/mol. The predicted molar refractivity (Wildman–Crippen MR) is 223 cm³/mol. The third-order valence-electron chi connectivity index (χ3n) is 11.4. The average Bonchev–Trinajstić information content (AvgIpc) is 3.55. The van der Waals surface area contributed by atoms with E-state index in [1.165, 1.54) is 97.8 Å². The highest BCUT2D eigenvalue weighted by atomic mass is 15.2. The summed E-state index contributed by atoms with van der Waals surface area (Å²) in [6.07, 6.45) is 0. The minimum absolute atomic E-state index is 1.16. The van der Waals surface area contributed by atoms with Crippen molar-refractivity contribution < 1.29 is 0 Å². The van der Waals surface area contributed by atoms with E-state index in [0.29, 0.717) is 0 Å². The van der Waals surface area contributed by atoms with Crippen LogP contribution in [0.1, 0.15) is 0 Å². The number of benzene rings is 11. The van der Waals surface area contributed by atoms with Gasteiger partial charge in [-0.1, -0.05) is 140 Å². The van der Waals surface area contributed by atoms with Gasteiger partial charge >= 0.3 is 0 Å². The fraction of sp³-hybridized carbons (Fsp3) is 0. The highest BCUT2D eigenvalue weighted by molar-refractivity contribution is 6.29. The van der Waals surface area contributed by atoms with Crippen LogP contribution in [0.4, 0.5) is 17.1 Å². The van der Waals surface area contributed by atoms with Gasteiger partial charge in [-0.05, 0) is 96.3 Å². The van der Waals surface area contributed by atoms with Crippen molar-refractivity contribution in [3.8, 4) is 5.69 Å². The van der Waals surface area contributed by atoms with E-state index in [1.54, 1.807) is 0 Å². The molecule has 0 bridgehead atoms. The van der Waals surface area contributed by atoms with Crippen LogP contribution in [0, 0.1) is 0 Å². The molecular weight excluding hydrogens is 629 g/mol. The maximum atomic E-state index is 2.56. The quantitative estimate of drug-likeness (QED) is 0.171. The van der Waals surface area contributed by atoms with Gasteiger partial charge in [-0.3, -0.25) is 0 Å². The van der Waals surface area contributed by atoms with E-state index in [-0.39, 0.29) is 0 Å². The molecule has 11 aromatic carbocycles. The van der Waals surface area contributed by atoms with Crippen molar-refractivity contribution in [3.63, 3.8) is 0 Å². The van der Waals surface area contributed by atoms with E-state index >= 15 is 0 Å². The molecular formula is C50H30N2. The molecule has 0 aliphatic carbocycles. The first-order chi connectivity index (χ1) is 25.8. The zero-order valence-electron chi connectivity index (χ0n) is 28.2. The first-order valence-electron chi connectivity index (χ1n) is 18.0. The Bertz CT molecular complexity index is 3170. The van der Waals surface area contributed by atoms with Gasteiger partial charge in [0.2, 0.25) is 0 Å². The molecule has 0 atom stereocenters. The van der Waals surface area contributed by atoms with Crippen molar-refractivity contribution in [2.45, 2.75) is 0 Å².